The van der Waals surface area contributed by atoms with Gasteiger partial charge in [-0.05, 0) is 31.2 Å². The highest BCUT2D eigenvalue weighted by molar-refractivity contribution is 6.23. The van der Waals surface area contributed by atoms with Crippen LogP contribution in [-0.4, -0.2) is 47.7 Å². The monoisotopic (exact) mass is 338 g/mol. The van der Waals surface area contributed by atoms with Crippen molar-refractivity contribution in [1.82, 2.24) is 9.88 Å². The molecule has 1 aromatic carbocycles. The number of imide groups is 1. The second-order valence-electron chi connectivity index (χ2n) is 5.96. The Morgan fingerprint density at radius 1 is 1.08 bits per heavy atom. The van der Waals surface area contributed by atoms with Crippen LogP contribution in [0.15, 0.2) is 42.6 Å². The van der Waals surface area contributed by atoms with Crippen LogP contribution >= 0.6 is 0 Å². The fourth-order valence-electron chi connectivity index (χ4n) is 2.76. The van der Waals surface area contributed by atoms with Crippen LogP contribution < -0.4 is 10.2 Å². The van der Waals surface area contributed by atoms with Gasteiger partial charge >= 0.3 is 0 Å². The van der Waals surface area contributed by atoms with Crippen molar-refractivity contribution < 1.29 is 14.4 Å². The van der Waals surface area contributed by atoms with Crippen LogP contribution in [-0.2, 0) is 4.79 Å². The van der Waals surface area contributed by atoms with Gasteiger partial charge in [0.05, 0.1) is 16.8 Å². The summed E-state index contributed by atoms with van der Waals surface area (Å²) in [6, 6.07) is 9.04. The van der Waals surface area contributed by atoms with Crippen molar-refractivity contribution in [2.75, 3.05) is 24.3 Å². The Morgan fingerprint density at radius 2 is 1.68 bits per heavy atom. The van der Waals surface area contributed by atoms with Crippen LogP contribution in [0.5, 0.6) is 0 Å². The molecule has 0 bridgehead atoms. The molecule has 25 heavy (non-hydrogen) atoms. The predicted molar refractivity (Wildman–Crippen MR) is 93.6 cm³/mol. The lowest BCUT2D eigenvalue weighted by atomic mass is 10.1. The number of rotatable bonds is 4. The van der Waals surface area contributed by atoms with Gasteiger partial charge in [0.25, 0.3) is 11.8 Å². The highest BCUT2D eigenvalue weighted by Gasteiger charge is 2.40. The molecule has 7 nitrogen and oxygen atoms in total. The van der Waals surface area contributed by atoms with Gasteiger partial charge in [-0.25, -0.2) is 4.98 Å². The Morgan fingerprint density at radius 3 is 2.24 bits per heavy atom. The molecule has 1 aliphatic rings. The van der Waals surface area contributed by atoms with E-state index in [-0.39, 0.29) is 0 Å². The van der Waals surface area contributed by atoms with E-state index in [1.165, 1.54) is 6.92 Å². The Kier molecular flexibility index (Phi) is 4.22. The molecule has 1 aliphatic heterocycles. The number of carbonyl (C=O) groups is 3. The third kappa shape index (κ3) is 2.84. The van der Waals surface area contributed by atoms with E-state index in [1.807, 2.05) is 14.1 Å². The SMILES string of the molecule is CC(C(=O)Nc1cccnc1N(C)C)N1C(=O)c2ccccc2C1=O. The summed E-state index contributed by atoms with van der Waals surface area (Å²) < 4.78 is 0. The fraction of sp³-hybridized carbons (Fsp3) is 0.222. The number of anilines is 2. The zero-order chi connectivity index (χ0) is 18.1. The highest BCUT2D eigenvalue weighted by Crippen LogP contribution is 2.26. The van der Waals surface area contributed by atoms with Gasteiger partial charge in [-0.1, -0.05) is 12.1 Å². The number of benzene rings is 1. The zero-order valence-corrected chi connectivity index (χ0v) is 14.2. The van der Waals surface area contributed by atoms with Crippen molar-refractivity contribution in [3.05, 3.63) is 53.7 Å². The Labute approximate surface area is 145 Å². The molecule has 1 N–H and O–H groups in total. The molecular formula is C18H18N4O3. The lowest BCUT2D eigenvalue weighted by Gasteiger charge is -2.23. The summed E-state index contributed by atoms with van der Waals surface area (Å²) in [5.74, 6) is -0.777. The average Bonchev–Trinajstić information content (AvgIpc) is 2.86. The van der Waals surface area contributed by atoms with Crippen molar-refractivity contribution >= 4 is 29.2 Å². The summed E-state index contributed by atoms with van der Waals surface area (Å²) in [7, 11) is 3.62. The van der Waals surface area contributed by atoms with Crippen molar-refractivity contribution in [2.24, 2.45) is 0 Å². The van der Waals surface area contributed by atoms with E-state index in [9.17, 15) is 14.4 Å². The quantitative estimate of drug-likeness (QED) is 0.859. The predicted octanol–water partition coefficient (Wildman–Crippen LogP) is 1.77. The number of hydrogen-bond donors (Lipinski definition) is 1. The minimum atomic E-state index is -0.942. The molecule has 3 rings (SSSR count). The summed E-state index contributed by atoms with van der Waals surface area (Å²) in [5.41, 5.74) is 1.16. The number of nitrogens with zero attached hydrogens (tertiary/aromatic N) is 3. The van der Waals surface area contributed by atoms with Crippen molar-refractivity contribution in [1.29, 1.82) is 0 Å². The van der Waals surface area contributed by atoms with Gasteiger partial charge in [0, 0.05) is 20.3 Å². The maximum Gasteiger partial charge on any atom is 0.262 e. The number of hydrogen-bond acceptors (Lipinski definition) is 5. The average molecular weight is 338 g/mol. The molecule has 0 spiro atoms. The van der Waals surface area contributed by atoms with Crippen LogP contribution in [0.2, 0.25) is 0 Å². The molecule has 2 heterocycles. The smallest absolute Gasteiger partial charge is 0.262 e. The van der Waals surface area contributed by atoms with E-state index in [1.54, 1.807) is 47.5 Å². The second kappa shape index (κ2) is 6.35. The van der Waals surface area contributed by atoms with Gasteiger partial charge in [-0.2, -0.15) is 0 Å². The van der Waals surface area contributed by atoms with E-state index in [2.05, 4.69) is 10.3 Å². The van der Waals surface area contributed by atoms with Gasteiger partial charge in [-0.15, -0.1) is 0 Å². The standard InChI is InChI=1S/C18H18N4O3/c1-11(16(23)20-14-9-6-10-19-15(14)21(2)3)22-17(24)12-7-4-5-8-13(12)18(22)25/h4-11H,1-3H3,(H,20,23). The summed E-state index contributed by atoms with van der Waals surface area (Å²) in [5, 5.41) is 2.75. The highest BCUT2D eigenvalue weighted by atomic mass is 16.2. The van der Waals surface area contributed by atoms with E-state index in [0.717, 1.165) is 4.90 Å². The lowest BCUT2D eigenvalue weighted by Crippen LogP contribution is -2.45. The summed E-state index contributed by atoms with van der Waals surface area (Å²) >= 11 is 0. The Balaban J connectivity index is 1.83. The molecule has 2 aromatic rings. The maximum atomic E-state index is 12.6. The van der Waals surface area contributed by atoms with E-state index in [0.29, 0.717) is 22.6 Å². The number of carbonyl (C=O) groups excluding carboxylic acids is 3. The van der Waals surface area contributed by atoms with Gasteiger partial charge in [-0.3, -0.25) is 19.3 Å². The van der Waals surface area contributed by atoms with E-state index in [4.69, 9.17) is 0 Å². The van der Waals surface area contributed by atoms with E-state index >= 15 is 0 Å². The number of fused-ring (bicyclic) bond motifs is 1. The normalized spacial score (nSPS) is 14.3. The van der Waals surface area contributed by atoms with Gasteiger partial charge in [0.2, 0.25) is 5.91 Å². The van der Waals surface area contributed by atoms with Gasteiger partial charge in [0.15, 0.2) is 5.82 Å². The topological polar surface area (TPSA) is 82.6 Å². The molecule has 3 amide bonds. The zero-order valence-electron chi connectivity index (χ0n) is 14.2. The summed E-state index contributed by atoms with van der Waals surface area (Å²) in [6.45, 7) is 1.53. The van der Waals surface area contributed by atoms with Crippen molar-refractivity contribution in [3.8, 4) is 0 Å². The number of pyridine rings is 1. The molecule has 0 saturated carbocycles. The molecule has 0 radical (unpaired) electrons. The molecule has 1 atom stereocenters. The first-order chi connectivity index (χ1) is 11.9. The van der Waals surface area contributed by atoms with Crippen LogP contribution in [0.3, 0.4) is 0 Å². The van der Waals surface area contributed by atoms with Crippen LogP contribution in [0, 0.1) is 0 Å². The number of amides is 3. The van der Waals surface area contributed by atoms with Gasteiger partial charge < -0.3 is 10.2 Å². The molecule has 0 saturated heterocycles. The molecule has 128 valence electrons. The lowest BCUT2D eigenvalue weighted by molar-refractivity contribution is -0.119. The largest absolute Gasteiger partial charge is 0.361 e. The maximum absolute atomic E-state index is 12.6. The fourth-order valence-corrected chi connectivity index (χ4v) is 2.76. The Hall–Kier alpha value is -3.22. The van der Waals surface area contributed by atoms with E-state index < -0.39 is 23.8 Å². The van der Waals surface area contributed by atoms with Gasteiger partial charge in [0.1, 0.15) is 6.04 Å². The molecule has 0 aliphatic carbocycles. The minimum Gasteiger partial charge on any atom is -0.361 e. The first-order valence-corrected chi connectivity index (χ1v) is 7.82. The number of nitrogens with one attached hydrogen (secondary N) is 1. The van der Waals surface area contributed by atoms with Crippen LogP contribution in [0.4, 0.5) is 11.5 Å². The second-order valence-corrected chi connectivity index (χ2v) is 5.96. The third-order valence-electron chi connectivity index (χ3n) is 4.06. The molecule has 0 fully saturated rings. The van der Waals surface area contributed by atoms with Crippen LogP contribution in [0.25, 0.3) is 0 Å². The Bertz CT molecular complexity index is 828. The van der Waals surface area contributed by atoms with Crippen molar-refractivity contribution in [3.63, 3.8) is 0 Å². The molecule has 1 unspecified atom stereocenters. The molecule has 7 heteroatoms. The van der Waals surface area contributed by atoms with Crippen LogP contribution in [0.1, 0.15) is 27.6 Å². The minimum absolute atomic E-state index is 0.322. The molecular weight excluding hydrogens is 320 g/mol. The summed E-state index contributed by atoms with van der Waals surface area (Å²) in [6.07, 6.45) is 1.62. The third-order valence-corrected chi connectivity index (χ3v) is 4.06. The first-order valence-electron chi connectivity index (χ1n) is 7.82. The first kappa shape index (κ1) is 16.6. The summed E-state index contributed by atoms with van der Waals surface area (Å²) in [4.78, 5) is 44.6. The number of aromatic nitrogens is 1. The van der Waals surface area contributed by atoms with Crippen molar-refractivity contribution in [2.45, 2.75) is 13.0 Å². The molecule has 1 aromatic heterocycles.